The summed E-state index contributed by atoms with van der Waals surface area (Å²) in [6.07, 6.45) is -0.0532. The van der Waals surface area contributed by atoms with Crippen LogP contribution in [0.1, 0.15) is 5.56 Å². The Balaban J connectivity index is 1.40. The number of piperazine rings is 1. The molecule has 1 aliphatic heterocycles. The van der Waals surface area contributed by atoms with E-state index in [0.717, 1.165) is 11.4 Å². The molecule has 0 radical (unpaired) electrons. The smallest absolute Gasteiger partial charge is 0.227 e. The zero-order chi connectivity index (χ0) is 23.4. The molecule has 1 fully saturated rings. The van der Waals surface area contributed by atoms with E-state index < -0.39 is 5.82 Å². The second kappa shape index (κ2) is 10.0. The van der Waals surface area contributed by atoms with E-state index in [1.807, 2.05) is 30.3 Å². The molecule has 0 unspecified atom stereocenters. The summed E-state index contributed by atoms with van der Waals surface area (Å²) in [7, 11) is 3.21. The molecule has 3 aromatic rings. The van der Waals surface area contributed by atoms with Crippen LogP contribution in [-0.4, -0.2) is 61.4 Å². The number of carbonyl (C=O) groups excluding carboxylic acids is 1. The third kappa shape index (κ3) is 5.01. The van der Waals surface area contributed by atoms with Gasteiger partial charge in [-0.2, -0.15) is 0 Å². The van der Waals surface area contributed by atoms with Gasteiger partial charge in [0.1, 0.15) is 17.3 Å². The molecule has 9 heteroatoms. The third-order valence-corrected chi connectivity index (χ3v) is 6.03. The highest BCUT2D eigenvalue weighted by atomic mass is 35.5. The van der Waals surface area contributed by atoms with Crippen molar-refractivity contribution in [3.63, 3.8) is 0 Å². The summed E-state index contributed by atoms with van der Waals surface area (Å²) in [5.41, 5.74) is 1.70. The van der Waals surface area contributed by atoms with Gasteiger partial charge in [-0.05, 0) is 42.5 Å². The summed E-state index contributed by atoms with van der Waals surface area (Å²) < 4.78 is 24.7. The maximum absolute atomic E-state index is 14.0. The number of hydrogen-bond acceptors (Lipinski definition) is 6. The highest BCUT2D eigenvalue weighted by Crippen LogP contribution is 2.32. The Hall–Kier alpha value is -3.39. The zero-order valence-electron chi connectivity index (χ0n) is 18.4. The predicted molar refractivity (Wildman–Crippen MR) is 124 cm³/mol. The van der Waals surface area contributed by atoms with Gasteiger partial charge >= 0.3 is 0 Å². The van der Waals surface area contributed by atoms with E-state index in [0.29, 0.717) is 43.4 Å². The van der Waals surface area contributed by atoms with Crippen molar-refractivity contribution in [2.75, 3.05) is 45.3 Å². The van der Waals surface area contributed by atoms with E-state index in [4.69, 9.17) is 21.1 Å². The van der Waals surface area contributed by atoms with Crippen molar-refractivity contribution in [2.24, 2.45) is 0 Å². The molecule has 1 aliphatic rings. The number of ether oxygens (including phenoxy) is 2. The molecule has 2 heterocycles. The Morgan fingerprint density at radius 2 is 1.82 bits per heavy atom. The lowest BCUT2D eigenvalue weighted by Crippen LogP contribution is -2.49. The summed E-state index contributed by atoms with van der Waals surface area (Å²) in [4.78, 5) is 16.5. The molecule has 1 aromatic heterocycles. The fourth-order valence-electron chi connectivity index (χ4n) is 3.80. The molecule has 0 spiro atoms. The zero-order valence-corrected chi connectivity index (χ0v) is 19.2. The summed E-state index contributed by atoms with van der Waals surface area (Å²) in [5.74, 6) is 1.50. The second-order valence-electron chi connectivity index (χ2n) is 7.59. The Bertz CT molecular complexity index is 1110. The Labute approximate surface area is 196 Å². The van der Waals surface area contributed by atoms with Gasteiger partial charge in [0, 0.05) is 42.3 Å². The van der Waals surface area contributed by atoms with Crippen molar-refractivity contribution >= 4 is 23.3 Å². The van der Waals surface area contributed by atoms with Gasteiger partial charge in [-0.1, -0.05) is 17.7 Å². The lowest BCUT2D eigenvalue weighted by molar-refractivity contribution is -0.130. The molecule has 0 saturated carbocycles. The molecule has 1 saturated heterocycles. The van der Waals surface area contributed by atoms with Crippen molar-refractivity contribution in [1.82, 2.24) is 15.1 Å². The average Bonchev–Trinajstić information content (AvgIpc) is 2.86. The molecular formula is C24H24ClFN4O3. The third-order valence-electron chi connectivity index (χ3n) is 5.68. The molecule has 33 heavy (non-hydrogen) atoms. The molecular weight excluding hydrogens is 447 g/mol. The van der Waals surface area contributed by atoms with E-state index in [1.165, 1.54) is 12.1 Å². The molecule has 0 N–H and O–H groups in total. The van der Waals surface area contributed by atoms with Gasteiger partial charge in [-0.25, -0.2) is 4.39 Å². The number of methoxy groups -OCH3 is 2. The first-order valence-electron chi connectivity index (χ1n) is 10.5. The van der Waals surface area contributed by atoms with Gasteiger partial charge in [0.15, 0.2) is 5.82 Å². The fourth-order valence-corrected chi connectivity index (χ4v) is 4.03. The van der Waals surface area contributed by atoms with E-state index >= 15 is 0 Å². The van der Waals surface area contributed by atoms with E-state index in [-0.39, 0.29) is 22.9 Å². The minimum Gasteiger partial charge on any atom is -0.497 e. The standard InChI is InChI=1S/C24H24ClFN4O3/c1-32-16-6-8-22(33-2)18(14-16)21-7-9-23(28-27-21)29-10-12-30(13-11-29)24(31)15-17-19(25)4-3-5-20(17)26/h3-9,14H,10-13,15H2,1-2H3. The first-order valence-corrected chi connectivity index (χ1v) is 10.9. The number of halogens is 2. The van der Waals surface area contributed by atoms with Crippen LogP contribution in [0.4, 0.5) is 10.2 Å². The Morgan fingerprint density at radius 1 is 1.03 bits per heavy atom. The molecule has 0 aliphatic carbocycles. The van der Waals surface area contributed by atoms with E-state index in [2.05, 4.69) is 15.1 Å². The number of rotatable bonds is 6. The SMILES string of the molecule is COc1ccc(OC)c(-c2ccc(N3CCN(C(=O)Cc4c(F)cccc4Cl)CC3)nn2)c1. The van der Waals surface area contributed by atoms with Crippen LogP contribution in [0.5, 0.6) is 11.5 Å². The molecule has 1 amide bonds. The molecule has 7 nitrogen and oxygen atoms in total. The van der Waals surface area contributed by atoms with Gasteiger partial charge in [-0.3, -0.25) is 4.79 Å². The Kier molecular flexibility index (Phi) is 6.93. The summed E-state index contributed by atoms with van der Waals surface area (Å²) in [6, 6.07) is 13.7. The van der Waals surface area contributed by atoms with Gasteiger partial charge in [0.05, 0.1) is 26.3 Å². The van der Waals surface area contributed by atoms with Crippen molar-refractivity contribution < 1.29 is 18.7 Å². The highest BCUT2D eigenvalue weighted by Gasteiger charge is 2.24. The highest BCUT2D eigenvalue weighted by molar-refractivity contribution is 6.31. The number of benzene rings is 2. The monoisotopic (exact) mass is 470 g/mol. The lowest BCUT2D eigenvalue weighted by atomic mass is 10.1. The topological polar surface area (TPSA) is 67.8 Å². The number of hydrogen-bond donors (Lipinski definition) is 0. The fraction of sp³-hybridized carbons (Fsp3) is 0.292. The van der Waals surface area contributed by atoms with Gasteiger partial charge in [-0.15, -0.1) is 10.2 Å². The lowest BCUT2D eigenvalue weighted by Gasteiger charge is -2.35. The molecule has 0 atom stereocenters. The Morgan fingerprint density at radius 3 is 2.45 bits per heavy atom. The van der Waals surface area contributed by atoms with Crippen molar-refractivity contribution in [3.05, 3.63) is 64.9 Å². The summed E-state index contributed by atoms with van der Waals surface area (Å²) >= 11 is 6.06. The van der Waals surface area contributed by atoms with Crippen LogP contribution in [0, 0.1) is 5.82 Å². The predicted octanol–water partition coefficient (Wildman–Crippen LogP) is 3.84. The van der Waals surface area contributed by atoms with Crippen molar-refractivity contribution in [2.45, 2.75) is 6.42 Å². The van der Waals surface area contributed by atoms with Crippen LogP contribution >= 0.6 is 11.6 Å². The van der Waals surface area contributed by atoms with Crippen LogP contribution in [0.3, 0.4) is 0 Å². The number of anilines is 1. The van der Waals surface area contributed by atoms with Crippen LogP contribution in [-0.2, 0) is 11.2 Å². The van der Waals surface area contributed by atoms with Crippen molar-refractivity contribution in [3.8, 4) is 22.8 Å². The second-order valence-corrected chi connectivity index (χ2v) is 8.00. The normalized spacial score (nSPS) is 13.7. The maximum atomic E-state index is 14.0. The summed E-state index contributed by atoms with van der Waals surface area (Å²) in [5, 5.41) is 9.02. The maximum Gasteiger partial charge on any atom is 0.227 e. The first kappa shape index (κ1) is 22.8. The summed E-state index contributed by atoms with van der Waals surface area (Å²) in [6.45, 7) is 2.23. The quantitative estimate of drug-likeness (QED) is 0.545. The number of nitrogens with zero attached hydrogens (tertiary/aromatic N) is 4. The minimum atomic E-state index is -0.461. The minimum absolute atomic E-state index is 0.0532. The van der Waals surface area contributed by atoms with Crippen LogP contribution in [0.25, 0.3) is 11.3 Å². The molecule has 2 aromatic carbocycles. The van der Waals surface area contributed by atoms with E-state index in [1.54, 1.807) is 25.2 Å². The van der Waals surface area contributed by atoms with Crippen LogP contribution in [0.2, 0.25) is 5.02 Å². The van der Waals surface area contributed by atoms with Crippen LogP contribution in [0.15, 0.2) is 48.5 Å². The van der Waals surface area contributed by atoms with Gasteiger partial charge in [0.25, 0.3) is 0 Å². The molecule has 172 valence electrons. The number of carbonyl (C=O) groups is 1. The van der Waals surface area contributed by atoms with Crippen molar-refractivity contribution in [1.29, 1.82) is 0 Å². The van der Waals surface area contributed by atoms with E-state index in [9.17, 15) is 9.18 Å². The van der Waals surface area contributed by atoms with Gasteiger partial charge in [0.2, 0.25) is 5.91 Å². The van der Waals surface area contributed by atoms with Gasteiger partial charge < -0.3 is 19.3 Å². The van der Waals surface area contributed by atoms with Crippen LogP contribution < -0.4 is 14.4 Å². The first-order chi connectivity index (χ1) is 16.0. The number of aromatic nitrogens is 2. The number of amides is 1. The average molecular weight is 471 g/mol. The molecule has 0 bridgehead atoms. The molecule has 4 rings (SSSR count). The largest absolute Gasteiger partial charge is 0.497 e.